The number of hydrogen-bond acceptors (Lipinski definition) is 4. The summed E-state index contributed by atoms with van der Waals surface area (Å²) >= 11 is 0. The van der Waals surface area contributed by atoms with Gasteiger partial charge in [0.15, 0.2) is 0 Å². The zero-order chi connectivity index (χ0) is 15.9. The van der Waals surface area contributed by atoms with Gasteiger partial charge in [0.25, 0.3) is 0 Å². The van der Waals surface area contributed by atoms with Crippen LogP contribution in [0.5, 0.6) is 0 Å². The number of amides is 2. The fourth-order valence-corrected chi connectivity index (χ4v) is 2.53. The van der Waals surface area contributed by atoms with E-state index in [1.165, 1.54) is 19.3 Å². The quantitative estimate of drug-likeness (QED) is 0.908. The number of likely N-dealkylation sites (N-methyl/N-ethyl adjacent to an activating group) is 1. The molecule has 1 aliphatic heterocycles. The topological polar surface area (TPSA) is 57.7 Å². The molecule has 1 aromatic rings. The van der Waals surface area contributed by atoms with E-state index in [1.54, 1.807) is 25.3 Å². The molecule has 6 nitrogen and oxygen atoms in total. The van der Waals surface area contributed by atoms with Crippen LogP contribution < -0.4 is 10.2 Å². The molecule has 0 bridgehead atoms. The van der Waals surface area contributed by atoms with Crippen molar-refractivity contribution in [2.24, 2.45) is 0 Å². The first kappa shape index (κ1) is 16.5. The van der Waals surface area contributed by atoms with Gasteiger partial charge < -0.3 is 19.9 Å². The van der Waals surface area contributed by atoms with Gasteiger partial charge in [-0.25, -0.2) is 9.78 Å². The van der Waals surface area contributed by atoms with E-state index in [0.717, 1.165) is 18.9 Å². The number of nitrogens with zero attached hydrogens (tertiary/aromatic N) is 3. The Morgan fingerprint density at radius 1 is 1.41 bits per heavy atom. The third-order valence-corrected chi connectivity index (χ3v) is 4.07. The maximum absolute atomic E-state index is 12.1. The van der Waals surface area contributed by atoms with Crippen LogP contribution in [0.1, 0.15) is 26.2 Å². The van der Waals surface area contributed by atoms with E-state index < -0.39 is 0 Å². The average molecular weight is 306 g/mol. The van der Waals surface area contributed by atoms with E-state index in [4.69, 9.17) is 4.74 Å². The molecule has 1 aromatic heterocycles. The van der Waals surface area contributed by atoms with Crippen molar-refractivity contribution < 1.29 is 9.53 Å². The van der Waals surface area contributed by atoms with Crippen LogP contribution in [-0.4, -0.2) is 55.8 Å². The Labute approximate surface area is 132 Å². The predicted molar refractivity (Wildman–Crippen MR) is 88.4 cm³/mol. The molecule has 2 rings (SSSR count). The zero-order valence-corrected chi connectivity index (χ0v) is 13.7. The van der Waals surface area contributed by atoms with Gasteiger partial charge in [-0.3, -0.25) is 0 Å². The van der Waals surface area contributed by atoms with Gasteiger partial charge in [0, 0.05) is 27.2 Å². The number of anilines is 2. The maximum atomic E-state index is 12.1. The second-order valence-corrected chi connectivity index (χ2v) is 5.80. The normalized spacial score (nSPS) is 16.2. The molecular weight excluding hydrogens is 280 g/mol. The molecular formula is C16H26N4O2. The third-order valence-electron chi connectivity index (χ3n) is 4.07. The van der Waals surface area contributed by atoms with E-state index in [2.05, 4.69) is 15.2 Å². The Morgan fingerprint density at radius 2 is 2.14 bits per heavy atom. The number of hydrogen-bond donors (Lipinski definition) is 1. The van der Waals surface area contributed by atoms with Gasteiger partial charge in [-0.05, 0) is 38.3 Å². The highest BCUT2D eigenvalue weighted by Gasteiger charge is 2.16. The molecule has 1 atom stereocenters. The third kappa shape index (κ3) is 4.34. The standard InChI is InChI=1S/C16H26N4O2/c1-13(12-22-3)19(2)16(21)18-14-7-8-15(17-11-14)20-9-5-4-6-10-20/h7-8,11,13H,4-6,9-10,12H2,1-3H3,(H,18,21)/t13-/m0/s1. The number of carbonyl (C=O) groups is 1. The van der Waals surface area contributed by atoms with Crippen LogP contribution in [0.15, 0.2) is 18.3 Å². The first-order chi connectivity index (χ1) is 10.6. The number of aromatic nitrogens is 1. The lowest BCUT2D eigenvalue weighted by molar-refractivity contribution is 0.128. The second-order valence-electron chi connectivity index (χ2n) is 5.80. The summed E-state index contributed by atoms with van der Waals surface area (Å²) in [5.41, 5.74) is 0.710. The number of rotatable bonds is 5. The minimum absolute atomic E-state index is 0.0191. The van der Waals surface area contributed by atoms with Crippen molar-refractivity contribution in [1.82, 2.24) is 9.88 Å². The van der Waals surface area contributed by atoms with Crippen molar-refractivity contribution in [3.63, 3.8) is 0 Å². The van der Waals surface area contributed by atoms with Gasteiger partial charge in [0.05, 0.1) is 24.5 Å². The van der Waals surface area contributed by atoms with E-state index in [9.17, 15) is 4.79 Å². The lowest BCUT2D eigenvalue weighted by Gasteiger charge is -2.28. The summed E-state index contributed by atoms with van der Waals surface area (Å²) in [4.78, 5) is 20.5. The molecule has 6 heteroatoms. The van der Waals surface area contributed by atoms with Crippen LogP contribution in [0.3, 0.4) is 0 Å². The van der Waals surface area contributed by atoms with Gasteiger partial charge >= 0.3 is 6.03 Å². The lowest BCUT2D eigenvalue weighted by atomic mass is 10.1. The van der Waals surface area contributed by atoms with Crippen molar-refractivity contribution in [3.05, 3.63) is 18.3 Å². The zero-order valence-electron chi connectivity index (χ0n) is 13.7. The van der Waals surface area contributed by atoms with Gasteiger partial charge in [-0.1, -0.05) is 0 Å². The molecule has 1 saturated heterocycles. The second kappa shape index (κ2) is 7.98. The maximum Gasteiger partial charge on any atom is 0.321 e. The number of ether oxygens (including phenoxy) is 1. The molecule has 2 amide bonds. The summed E-state index contributed by atoms with van der Waals surface area (Å²) in [6.07, 6.45) is 5.47. The molecule has 0 aliphatic carbocycles. The highest BCUT2D eigenvalue weighted by molar-refractivity contribution is 5.89. The SMILES string of the molecule is COC[C@H](C)N(C)C(=O)Nc1ccc(N2CCCCC2)nc1. The molecule has 0 aromatic carbocycles. The summed E-state index contributed by atoms with van der Waals surface area (Å²) < 4.78 is 5.07. The minimum Gasteiger partial charge on any atom is -0.383 e. The van der Waals surface area contributed by atoms with E-state index in [-0.39, 0.29) is 12.1 Å². The fraction of sp³-hybridized carbons (Fsp3) is 0.625. The summed E-state index contributed by atoms with van der Waals surface area (Å²) in [6, 6.07) is 3.74. The van der Waals surface area contributed by atoms with E-state index in [1.807, 2.05) is 19.1 Å². The average Bonchev–Trinajstić information content (AvgIpc) is 2.56. The molecule has 0 unspecified atom stereocenters. The summed E-state index contributed by atoms with van der Waals surface area (Å²) in [5.74, 6) is 0.985. The molecule has 122 valence electrons. The van der Waals surface area contributed by atoms with Crippen LogP contribution in [0, 0.1) is 0 Å². The highest BCUT2D eigenvalue weighted by atomic mass is 16.5. The van der Waals surface area contributed by atoms with E-state index >= 15 is 0 Å². The molecule has 1 N–H and O–H groups in total. The Balaban J connectivity index is 1.91. The van der Waals surface area contributed by atoms with E-state index in [0.29, 0.717) is 12.3 Å². The lowest BCUT2D eigenvalue weighted by Crippen LogP contribution is -2.40. The van der Waals surface area contributed by atoms with Gasteiger partial charge in [0.2, 0.25) is 0 Å². The summed E-state index contributed by atoms with van der Waals surface area (Å²) in [6.45, 7) is 4.59. The molecule has 0 radical (unpaired) electrons. The largest absolute Gasteiger partial charge is 0.383 e. The molecule has 22 heavy (non-hydrogen) atoms. The molecule has 2 heterocycles. The van der Waals surface area contributed by atoms with Crippen molar-refractivity contribution in [1.29, 1.82) is 0 Å². The Morgan fingerprint density at radius 3 is 2.73 bits per heavy atom. The number of methoxy groups -OCH3 is 1. The first-order valence-electron chi connectivity index (χ1n) is 7.85. The van der Waals surface area contributed by atoms with Crippen LogP contribution in [0.4, 0.5) is 16.3 Å². The van der Waals surface area contributed by atoms with Crippen molar-refractivity contribution in [2.75, 3.05) is 44.1 Å². The van der Waals surface area contributed by atoms with Crippen LogP contribution in [0.25, 0.3) is 0 Å². The Kier molecular flexibility index (Phi) is 6.00. The van der Waals surface area contributed by atoms with Gasteiger partial charge in [-0.2, -0.15) is 0 Å². The molecule has 1 fully saturated rings. The van der Waals surface area contributed by atoms with Crippen molar-refractivity contribution in [3.8, 4) is 0 Å². The predicted octanol–water partition coefficient (Wildman–Crippen LogP) is 2.57. The summed E-state index contributed by atoms with van der Waals surface area (Å²) in [7, 11) is 3.39. The highest BCUT2D eigenvalue weighted by Crippen LogP contribution is 2.19. The first-order valence-corrected chi connectivity index (χ1v) is 7.85. The molecule has 0 saturated carbocycles. The van der Waals surface area contributed by atoms with Crippen molar-refractivity contribution >= 4 is 17.5 Å². The number of pyridine rings is 1. The Bertz CT molecular complexity index is 472. The van der Waals surface area contributed by atoms with Crippen molar-refractivity contribution in [2.45, 2.75) is 32.2 Å². The monoisotopic (exact) mass is 306 g/mol. The fourth-order valence-electron chi connectivity index (χ4n) is 2.53. The number of piperidine rings is 1. The van der Waals surface area contributed by atoms with Gasteiger partial charge in [-0.15, -0.1) is 0 Å². The van der Waals surface area contributed by atoms with Crippen LogP contribution in [0.2, 0.25) is 0 Å². The van der Waals surface area contributed by atoms with Crippen LogP contribution in [-0.2, 0) is 4.74 Å². The molecule has 0 spiro atoms. The Hall–Kier alpha value is -1.82. The van der Waals surface area contributed by atoms with Crippen LogP contribution >= 0.6 is 0 Å². The number of carbonyl (C=O) groups excluding carboxylic acids is 1. The summed E-state index contributed by atoms with van der Waals surface area (Å²) in [5, 5.41) is 2.86. The smallest absolute Gasteiger partial charge is 0.321 e. The van der Waals surface area contributed by atoms with Gasteiger partial charge in [0.1, 0.15) is 5.82 Å². The number of urea groups is 1. The number of nitrogens with one attached hydrogen (secondary N) is 1. The minimum atomic E-state index is -0.155. The molecule has 1 aliphatic rings.